The average molecular weight is 182 g/mol. The zero-order chi connectivity index (χ0) is 9.47. The Morgan fingerprint density at radius 1 is 1.38 bits per heavy atom. The lowest BCUT2D eigenvalue weighted by molar-refractivity contribution is -0.130. The molecule has 0 aromatic heterocycles. The van der Waals surface area contributed by atoms with Gasteiger partial charge in [-0.3, -0.25) is 4.79 Å². The molecule has 3 nitrogen and oxygen atoms in total. The fraction of sp³-hybridized carbons (Fsp3) is 0.900. The highest BCUT2D eigenvalue weighted by Gasteiger charge is 2.46. The van der Waals surface area contributed by atoms with E-state index >= 15 is 0 Å². The molecule has 0 unspecified atom stereocenters. The van der Waals surface area contributed by atoms with E-state index in [9.17, 15) is 4.79 Å². The van der Waals surface area contributed by atoms with Crippen molar-refractivity contribution in [2.75, 3.05) is 20.1 Å². The summed E-state index contributed by atoms with van der Waals surface area (Å²) < 4.78 is 0. The normalized spacial score (nSPS) is 30.2. The highest BCUT2D eigenvalue weighted by atomic mass is 16.1. The number of nitrogens with zero attached hydrogens (tertiary/aromatic N) is 1. The molecule has 0 spiro atoms. The molecule has 0 bridgehead atoms. The van der Waals surface area contributed by atoms with Gasteiger partial charge in [0.1, 0.15) is 5.78 Å². The number of Topliss-reactive ketones (excluding diaryl/α,β-unsaturated/α-hetero) is 1. The first-order valence-corrected chi connectivity index (χ1v) is 5.09. The standard InChI is InChI=1S/C10H18N2O/c1-12-4-2-8(3-5-12)10(11)6-9(13)7-10/h8H,2-7,11H2,1H3. The Kier molecular flexibility index (Phi) is 2.16. The monoisotopic (exact) mass is 182 g/mol. The Bertz CT molecular complexity index is 211. The number of carbonyl (C=O) groups is 1. The summed E-state index contributed by atoms with van der Waals surface area (Å²) in [7, 11) is 2.14. The van der Waals surface area contributed by atoms with Gasteiger partial charge in [-0.05, 0) is 38.9 Å². The van der Waals surface area contributed by atoms with Crippen LogP contribution in [0, 0.1) is 5.92 Å². The highest BCUT2D eigenvalue weighted by Crippen LogP contribution is 2.38. The van der Waals surface area contributed by atoms with Gasteiger partial charge in [0.25, 0.3) is 0 Å². The molecule has 0 radical (unpaired) electrons. The van der Waals surface area contributed by atoms with E-state index < -0.39 is 0 Å². The van der Waals surface area contributed by atoms with Crippen molar-refractivity contribution in [2.45, 2.75) is 31.2 Å². The second-order valence-corrected chi connectivity index (χ2v) is 4.70. The van der Waals surface area contributed by atoms with E-state index in [1.807, 2.05) is 0 Å². The second-order valence-electron chi connectivity index (χ2n) is 4.70. The third-order valence-corrected chi connectivity index (χ3v) is 3.58. The lowest BCUT2D eigenvalue weighted by atomic mass is 9.65. The minimum Gasteiger partial charge on any atom is -0.324 e. The number of likely N-dealkylation sites (tertiary alicyclic amines) is 1. The summed E-state index contributed by atoms with van der Waals surface area (Å²) in [5, 5.41) is 0. The summed E-state index contributed by atoms with van der Waals surface area (Å²) in [5.41, 5.74) is 6.05. The Labute approximate surface area is 79.3 Å². The van der Waals surface area contributed by atoms with Crippen LogP contribution >= 0.6 is 0 Å². The molecular formula is C10H18N2O. The number of piperidine rings is 1. The summed E-state index contributed by atoms with van der Waals surface area (Å²) in [5.74, 6) is 0.933. The van der Waals surface area contributed by atoms with Gasteiger partial charge in [-0.2, -0.15) is 0 Å². The van der Waals surface area contributed by atoms with Gasteiger partial charge in [0.15, 0.2) is 0 Å². The van der Waals surface area contributed by atoms with Gasteiger partial charge in [-0.15, -0.1) is 0 Å². The van der Waals surface area contributed by atoms with E-state index in [1.54, 1.807) is 0 Å². The van der Waals surface area contributed by atoms with Crippen LogP contribution in [0.2, 0.25) is 0 Å². The SMILES string of the molecule is CN1CCC(C2(N)CC(=O)C2)CC1. The highest BCUT2D eigenvalue weighted by molar-refractivity contribution is 5.87. The number of hydrogen-bond donors (Lipinski definition) is 1. The van der Waals surface area contributed by atoms with Gasteiger partial charge in [0.05, 0.1) is 0 Å². The topological polar surface area (TPSA) is 46.3 Å². The van der Waals surface area contributed by atoms with Crippen molar-refractivity contribution < 1.29 is 4.79 Å². The summed E-state index contributed by atoms with van der Waals surface area (Å²) in [6, 6.07) is 0. The molecule has 1 saturated carbocycles. The quantitative estimate of drug-likeness (QED) is 0.638. The molecule has 0 aromatic carbocycles. The van der Waals surface area contributed by atoms with E-state index in [0.29, 0.717) is 24.5 Å². The molecule has 0 aromatic rings. The first-order chi connectivity index (χ1) is 6.10. The Morgan fingerprint density at radius 3 is 2.38 bits per heavy atom. The zero-order valence-corrected chi connectivity index (χ0v) is 8.25. The van der Waals surface area contributed by atoms with Gasteiger partial charge < -0.3 is 10.6 Å². The summed E-state index contributed by atoms with van der Waals surface area (Å²) in [4.78, 5) is 13.3. The average Bonchev–Trinajstić information content (AvgIpc) is 2.03. The maximum atomic E-state index is 10.9. The van der Waals surface area contributed by atoms with Crippen LogP contribution in [0.5, 0.6) is 0 Å². The number of nitrogens with two attached hydrogens (primary N) is 1. The van der Waals surface area contributed by atoms with Gasteiger partial charge in [-0.1, -0.05) is 0 Å². The van der Waals surface area contributed by atoms with Gasteiger partial charge in [0, 0.05) is 18.4 Å². The van der Waals surface area contributed by atoms with E-state index in [1.165, 1.54) is 12.8 Å². The van der Waals surface area contributed by atoms with Crippen molar-refractivity contribution in [3.63, 3.8) is 0 Å². The van der Waals surface area contributed by atoms with Gasteiger partial charge in [-0.25, -0.2) is 0 Å². The van der Waals surface area contributed by atoms with Crippen molar-refractivity contribution in [3.8, 4) is 0 Å². The van der Waals surface area contributed by atoms with Crippen molar-refractivity contribution in [1.82, 2.24) is 4.90 Å². The molecule has 1 aliphatic heterocycles. The summed E-state index contributed by atoms with van der Waals surface area (Å²) >= 11 is 0. The van der Waals surface area contributed by atoms with Crippen molar-refractivity contribution in [3.05, 3.63) is 0 Å². The molecule has 1 heterocycles. The van der Waals surface area contributed by atoms with Gasteiger partial charge >= 0.3 is 0 Å². The molecule has 1 saturated heterocycles. The molecule has 1 aliphatic carbocycles. The smallest absolute Gasteiger partial charge is 0.136 e. The zero-order valence-electron chi connectivity index (χ0n) is 8.25. The van der Waals surface area contributed by atoms with E-state index in [4.69, 9.17) is 5.73 Å². The van der Waals surface area contributed by atoms with E-state index in [-0.39, 0.29) is 5.54 Å². The van der Waals surface area contributed by atoms with Crippen LogP contribution in [0.3, 0.4) is 0 Å². The maximum Gasteiger partial charge on any atom is 0.136 e. The Morgan fingerprint density at radius 2 is 1.92 bits per heavy atom. The molecule has 0 amide bonds. The predicted molar refractivity (Wildman–Crippen MR) is 51.4 cm³/mol. The second kappa shape index (κ2) is 3.07. The van der Waals surface area contributed by atoms with Crippen LogP contribution in [0.1, 0.15) is 25.7 Å². The number of hydrogen-bond acceptors (Lipinski definition) is 3. The van der Waals surface area contributed by atoms with Crippen LogP contribution in [0.25, 0.3) is 0 Å². The molecule has 2 aliphatic rings. The van der Waals surface area contributed by atoms with E-state index in [2.05, 4.69) is 11.9 Å². The first kappa shape index (κ1) is 9.16. The third-order valence-electron chi connectivity index (χ3n) is 3.58. The largest absolute Gasteiger partial charge is 0.324 e. The Balaban J connectivity index is 1.91. The lowest BCUT2D eigenvalue weighted by Crippen LogP contribution is -2.59. The minimum atomic E-state index is -0.127. The maximum absolute atomic E-state index is 10.9. The Hall–Kier alpha value is -0.410. The van der Waals surface area contributed by atoms with Crippen molar-refractivity contribution >= 4 is 5.78 Å². The molecule has 13 heavy (non-hydrogen) atoms. The molecule has 74 valence electrons. The molecule has 3 heteroatoms. The van der Waals surface area contributed by atoms with Gasteiger partial charge in [0.2, 0.25) is 0 Å². The number of rotatable bonds is 1. The van der Waals surface area contributed by atoms with Crippen LogP contribution in [-0.2, 0) is 4.79 Å². The number of carbonyl (C=O) groups excluding carboxylic acids is 1. The fourth-order valence-electron chi connectivity index (χ4n) is 2.55. The molecule has 2 fully saturated rings. The number of ketones is 1. The van der Waals surface area contributed by atoms with Crippen LogP contribution in [-0.4, -0.2) is 36.4 Å². The van der Waals surface area contributed by atoms with Crippen LogP contribution in [0.4, 0.5) is 0 Å². The lowest BCUT2D eigenvalue weighted by Gasteiger charge is -2.46. The minimum absolute atomic E-state index is 0.127. The first-order valence-electron chi connectivity index (χ1n) is 5.09. The summed E-state index contributed by atoms with van der Waals surface area (Å²) in [6.07, 6.45) is 3.59. The van der Waals surface area contributed by atoms with Crippen LogP contribution in [0.15, 0.2) is 0 Å². The molecule has 2 N–H and O–H groups in total. The van der Waals surface area contributed by atoms with Crippen molar-refractivity contribution in [2.24, 2.45) is 11.7 Å². The van der Waals surface area contributed by atoms with Crippen LogP contribution < -0.4 is 5.73 Å². The fourth-order valence-corrected chi connectivity index (χ4v) is 2.55. The third kappa shape index (κ3) is 1.63. The van der Waals surface area contributed by atoms with Crippen molar-refractivity contribution in [1.29, 1.82) is 0 Å². The predicted octanol–water partition coefficient (Wildman–Crippen LogP) is 0.389. The van der Waals surface area contributed by atoms with E-state index in [0.717, 1.165) is 13.1 Å². The molecule has 2 rings (SSSR count). The molecule has 0 atom stereocenters. The molecular weight excluding hydrogens is 164 g/mol. The summed E-state index contributed by atoms with van der Waals surface area (Å²) in [6.45, 7) is 2.27.